The number of carbonyl (C=O) groups excluding carboxylic acids is 5. The number of carbonyl (C=O) groups is 5. The third-order valence-electron chi connectivity index (χ3n) is 12.6. The maximum atomic E-state index is 16.9. The number of benzene rings is 1. The molecule has 59 heavy (non-hydrogen) atoms. The van der Waals surface area contributed by atoms with Gasteiger partial charge in [0.2, 0.25) is 0 Å². The van der Waals surface area contributed by atoms with Crippen molar-refractivity contribution in [3.05, 3.63) is 29.3 Å². The van der Waals surface area contributed by atoms with E-state index in [4.69, 9.17) is 28.4 Å². The zero-order valence-electron chi connectivity index (χ0n) is 37.0. The second kappa shape index (κ2) is 18.9. The van der Waals surface area contributed by atoms with Crippen LogP contribution in [0.2, 0.25) is 0 Å². The highest BCUT2D eigenvalue weighted by atomic mass is 19.1. The van der Waals surface area contributed by atoms with Crippen LogP contribution in [0.25, 0.3) is 0 Å². The van der Waals surface area contributed by atoms with Crippen LogP contribution in [-0.2, 0) is 42.8 Å². The molecule has 13 atom stereocenters. The standard InChI is InChI=1S/C43H66FN3O12/c1-14-31-43(10)34(47(40(53)59-43)18-15-19-55-39(52)45-29-17-16-23(2)20-24(29)3)27(6)32(48)25(4)22-41(8,54-13)36(28(7)35(50)42(9,44)38(51)57-31)58-37-33(49)30(46(11)12)21-26(5)56-37/h16-17,20,25-28,30-31,33-34,36-37,49H,14-15,18-19,21-22H2,1-13H3,(H,45,52)/t25-,26-,27+,28+,30+,31-,33-,34-,36-,37+,41-,42+,43-/m1/s1. The molecule has 3 heterocycles. The predicted octanol–water partition coefficient (Wildman–Crippen LogP) is 5.54. The molecular weight excluding hydrogens is 769 g/mol. The molecule has 2 amide bonds. The van der Waals surface area contributed by atoms with E-state index in [9.17, 15) is 29.1 Å². The van der Waals surface area contributed by atoms with E-state index >= 15 is 4.39 Å². The Morgan fingerprint density at radius 1 is 1.07 bits per heavy atom. The van der Waals surface area contributed by atoms with Crippen LogP contribution in [0.1, 0.15) is 92.2 Å². The Kier molecular flexibility index (Phi) is 15.4. The first-order chi connectivity index (χ1) is 27.4. The molecule has 16 heteroatoms. The molecule has 0 radical (unpaired) electrons. The first-order valence-electron chi connectivity index (χ1n) is 20.6. The summed E-state index contributed by atoms with van der Waals surface area (Å²) in [4.78, 5) is 72.3. The molecule has 0 aromatic heterocycles. The number of amides is 2. The minimum atomic E-state index is -3.21. The zero-order chi connectivity index (χ0) is 44.4. The van der Waals surface area contributed by atoms with Crippen molar-refractivity contribution in [1.29, 1.82) is 0 Å². The van der Waals surface area contributed by atoms with Crippen LogP contribution < -0.4 is 5.32 Å². The summed E-state index contributed by atoms with van der Waals surface area (Å²) in [7, 11) is 5.00. The Morgan fingerprint density at radius 2 is 1.73 bits per heavy atom. The molecule has 3 aliphatic heterocycles. The Hall–Kier alpha value is -3.70. The number of esters is 1. The second-order valence-electron chi connectivity index (χ2n) is 17.5. The summed E-state index contributed by atoms with van der Waals surface area (Å²) in [6, 6.07) is 4.15. The quantitative estimate of drug-likeness (QED) is 0.130. The van der Waals surface area contributed by atoms with Gasteiger partial charge in [-0.15, -0.1) is 0 Å². The SMILES string of the molecule is CC[C@H]1OC(=O)[C@@](C)(F)C(=O)[C@H](C)[C@@H](O[C@@H]2O[C@H](C)C[C@H](N(C)C)[C@H]2O)[C@](C)(OC)C[C@@H](C)C(=O)[C@H](C)[C@H]2N(CCCOC(=O)Nc3ccc(C)cc3C)C(=O)O[C@]12C. The van der Waals surface area contributed by atoms with Gasteiger partial charge in [0.1, 0.15) is 18.0 Å². The molecule has 4 rings (SSSR count). The summed E-state index contributed by atoms with van der Waals surface area (Å²) < 4.78 is 52.6. The number of cyclic esters (lactones) is 1. The van der Waals surface area contributed by atoms with Crippen LogP contribution in [0.5, 0.6) is 0 Å². The fourth-order valence-corrected chi connectivity index (χ4v) is 9.21. The number of Topliss-reactive ketones (excluding diaryl/α,β-unsaturated/α-hetero) is 2. The van der Waals surface area contributed by atoms with Gasteiger partial charge in [0.05, 0.1) is 30.5 Å². The van der Waals surface area contributed by atoms with Crippen molar-refractivity contribution in [3.8, 4) is 0 Å². The summed E-state index contributed by atoms with van der Waals surface area (Å²) in [5, 5.41) is 14.1. The van der Waals surface area contributed by atoms with Gasteiger partial charge in [-0.25, -0.2) is 18.8 Å². The molecule has 1 aromatic carbocycles. The molecule has 15 nitrogen and oxygen atoms in total. The highest BCUT2D eigenvalue weighted by molar-refractivity contribution is 6.08. The first kappa shape index (κ1) is 48.0. The highest BCUT2D eigenvalue weighted by Gasteiger charge is 2.61. The Morgan fingerprint density at radius 3 is 2.32 bits per heavy atom. The van der Waals surface area contributed by atoms with E-state index in [1.54, 1.807) is 33.8 Å². The molecule has 0 aliphatic carbocycles. The van der Waals surface area contributed by atoms with Crippen molar-refractivity contribution in [2.45, 2.75) is 155 Å². The summed E-state index contributed by atoms with van der Waals surface area (Å²) in [6.45, 7) is 15.9. The smallest absolute Gasteiger partial charge is 0.411 e. The van der Waals surface area contributed by atoms with E-state index in [0.717, 1.165) is 18.1 Å². The van der Waals surface area contributed by atoms with Crippen molar-refractivity contribution in [2.24, 2.45) is 17.8 Å². The maximum Gasteiger partial charge on any atom is 0.411 e. The third kappa shape index (κ3) is 10.1. The number of ketones is 2. The second-order valence-corrected chi connectivity index (χ2v) is 17.5. The summed E-state index contributed by atoms with van der Waals surface area (Å²) in [5.74, 6) is -6.09. The Balaban J connectivity index is 1.68. The summed E-state index contributed by atoms with van der Waals surface area (Å²) in [5.41, 5.74) is -3.88. The summed E-state index contributed by atoms with van der Waals surface area (Å²) in [6.07, 6.45) is -6.28. The molecule has 332 valence electrons. The van der Waals surface area contributed by atoms with Crippen LogP contribution in [-0.4, -0.2) is 139 Å². The number of rotatable bonds is 10. The number of hydrogen-bond acceptors (Lipinski definition) is 13. The van der Waals surface area contributed by atoms with Crippen molar-refractivity contribution < 1.29 is 61.9 Å². The van der Waals surface area contributed by atoms with Gasteiger partial charge in [-0.05, 0) is 93.0 Å². The number of fused-ring (bicyclic) bond motifs is 1. The first-order valence-corrected chi connectivity index (χ1v) is 20.6. The lowest BCUT2D eigenvalue weighted by atomic mass is 9.73. The molecule has 3 fully saturated rings. The highest BCUT2D eigenvalue weighted by Crippen LogP contribution is 2.43. The largest absolute Gasteiger partial charge is 0.455 e. The lowest BCUT2D eigenvalue weighted by molar-refractivity contribution is -0.295. The molecule has 3 aliphatic rings. The van der Waals surface area contributed by atoms with Gasteiger partial charge in [-0.2, -0.15) is 0 Å². The molecular formula is C43H66FN3O12. The topological polar surface area (TPSA) is 179 Å². The number of aliphatic hydroxyl groups is 1. The fourth-order valence-electron chi connectivity index (χ4n) is 9.21. The minimum absolute atomic E-state index is 0.00901. The monoisotopic (exact) mass is 835 g/mol. The van der Waals surface area contributed by atoms with Crippen LogP contribution in [0.3, 0.4) is 0 Å². The molecule has 0 spiro atoms. The van der Waals surface area contributed by atoms with Crippen molar-refractivity contribution in [3.63, 3.8) is 0 Å². The number of nitrogens with zero attached hydrogens (tertiary/aromatic N) is 2. The molecule has 0 unspecified atom stereocenters. The van der Waals surface area contributed by atoms with E-state index in [-0.39, 0.29) is 50.3 Å². The zero-order valence-corrected chi connectivity index (χ0v) is 37.0. The van der Waals surface area contributed by atoms with Crippen LogP contribution in [0, 0.1) is 31.6 Å². The number of anilines is 1. The number of likely N-dealkylation sites (N-methyl/N-ethyl adjacent to an activating group) is 1. The average molecular weight is 836 g/mol. The van der Waals surface area contributed by atoms with Gasteiger partial charge >= 0.3 is 18.2 Å². The van der Waals surface area contributed by atoms with Crippen LogP contribution >= 0.6 is 0 Å². The number of halogens is 1. The van der Waals surface area contributed by atoms with Crippen LogP contribution in [0.4, 0.5) is 19.7 Å². The molecule has 0 bridgehead atoms. The van der Waals surface area contributed by atoms with Gasteiger partial charge in [0.25, 0.3) is 5.67 Å². The number of nitrogens with one attached hydrogen (secondary N) is 1. The van der Waals surface area contributed by atoms with Crippen molar-refractivity contribution in [2.75, 3.05) is 39.7 Å². The minimum Gasteiger partial charge on any atom is -0.455 e. The van der Waals surface area contributed by atoms with E-state index in [1.807, 2.05) is 51.9 Å². The summed E-state index contributed by atoms with van der Waals surface area (Å²) >= 11 is 0. The number of hydrogen-bond donors (Lipinski definition) is 2. The lowest BCUT2D eigenvalue weighted by Crippen LogP contribution is -2.61. The molecule has 3 saturated heterocycles. The van der Waals surface area contributed by atoms with E-state index in [2.05, 4.69) is 5.32 Å². The number of alkyl halides is 1. The fraction of sp³-hybridized carbons (Fsp3) is 0.744. The van der Waals surface area contributed by atoms with Gasteiger partial charge in [-0.3, -0.25) is 14.9 Å². The van der Waals surface area contributed by atoms with Crippen molar-refractivity contribution >= 4 is 35.4 Å². The number of ether oxygens (including phenoxy) is 6. The molecule has 0 saturated carbocycles. The number of aliphatic hydroxyl groups excluding tert-OH is 1. The third-order valence-corrected chi connectivity index (χ3v) is 12.6. The van der Waals surface area contributed by atoms with E-state index in [0.29, 0.717) is 12.1 Å². The van der Waals surface area contributed by atoms with E-state index < -0.39 is 89.2 Å². The number of methoxy groups -OCH3 is 1. The lowest BCUT2D eigenvalue weighted by Gasteiger charge is -2.47. The van der Waals surface area contributed by atoms with Gasteiger partial charge < -0.3 is 43.3 Å². The molecule has 2 N–H and O–H groups in total. The maximum absolute atomic E-state index is 16.9. The Labute approximate surface area is 347 Å². The van der Waals surface area contributed by atoms with Gasteiger partial charge in [-0.1, -0.05) is 45.4 Å². The Bertz CT molecular complexity index is 1710. The normalized spacial score (nSPS) is 37.4. The van der Waals surface area contributed by atoms with E-state index in [1.165, 1.54) is 25.9 Å². The van der Waals surface area contributed by atoms with Gasteiger partial charge in [0, 0.05) is 43.1 Å². The molecule has 1 aromatic rings. The van der Waals surface area contributed by atoms with Gasteiger partial charge in [0.15, 0.2) is 17.7 Å². The van der Waals surface area contributed by atoms with Crippen molar-refractivity contribution in [1.82, 2.24) is 9.80 Å². The average Bonchev–Trinajstić information content (AvgIpc) is 3.43. The van der Waals surface area contributed by atoms with Crippen LogP contribution in [0.15, 0.2) is 18.2 Å². The predicted molar refractivity (Wildman–Crippen MR) is 215 cm³/mol. The number of aryl methyl sites for hydroxylation is 2.